The van der Waals surface area contributed by atoms with E-state index in [4.69, 9.17) is 4.98 Å². The van der Waals surface area contributed by atoms with Crippen molar-refractivity contribution in [3.63, 3.8) is 0 Å². The van der Waals surface area contributed by atoms with Crippen molar-refractivity contribution in [2.45, 2.75) is 60.0 Å². The van der Waals surface area contributed by atoms with Crippen LogP contribution in [0.3, 0.4) is 0 Å². The van der Waals surface area contributed by atoms with Gasteiger partial charge in [-0.05, 0) is 18.8 Å². The molecule has 1 N–H and O–H groups in total. The molecule has 0 unspecified atom stereocenters. The second kappa shape index (κ2) is 7.85. The molecule has 1 heterocycles. The van der Waals surface area contributed by atoms with Crippen molar-refractivity contribution >= 4 is 16.5 Å². The summed E-state index contributed by atoms with van der Waals surface area (Å²) in [7, 11) is 0. The minimum Gasteiger partial charge on any atom is -0.391 e. The zero-order valence-corrected chi connectivity index (χ0v) is 13.8. The molecule has 3 nitrogen and oxygen atoms in total. The summed E-state index contributed by atoms with van der Waals surface area (Å²) in [5.41, 5.74) is 1.06. The first-order valence-electron chi connectivity index (χ1n) is 7.42. The lowest BCUT2D eigenvalue weighted by molar-refractivity contribution is 0.283. The highest BCUT2D eigenvalue weighted by atomic mass is 32.1. The molecule has 0 spiro atoms. The van der Waals surface area contributed by atoms with Gasteiger partial charge in [-0.1, -0.05) is 51.9 Å². The van der Waals surface area contributed by atoms with Gasteiger partial charge in [0, 0.05) is 13.1 Å². The van der Waals surface area contributed by atoms with Crippen molar-refractivity contribution in [3.8, 4) is 0 Å². The molecule has 0 atom stereocenters. The molecular weight excluding hydrogens is 256 g/mol. The Morgan fingerprint density at radius 3 is 2.21 bits per heavy atom. The van der Waals surface area contributed by atoms with Crippen LogP contribution >= 0.6 is 11.3 Å². The van der Waals surface area contributed by atoms with E-state index in [0.717, 1.165) is 34.7 Å². The summed E-state index contributed by atoms with van der Waals surface area (Å²) >= 11 is 1.65. The topological polar surface area (TPSA) is 36.4 Å². The number of thiazole rings is 1. The lowest BCUT2D eigenvalue weighted by atomic mass is 10.0. The fourth-order valence-corrected chi connectivity index (χ4v) is 3.40. The minimum absolute atomic E-state index is 0.105. The summed E-state index contributed by atoms with van der Waals surface area (Å²) in [5.74, 6) is 1.10. The SMILES string of the molecule is CCC(CC)CN(CC)c1nc(C(C)C)c(CO)s1. The van der Waals surface area contributed by atoms with E-state index in [0.29, 0.717) is 5.92 Å². The zero-order valence-electron chi connectivity index (χ0n) is 12.9. The fourth-order valence-electron chi connectivity index (χ4n) is 2.25. The first-order chi connectivity index (χ1) is 9.07. The van der Waals surface area contributed by atoms with Crippen molar-refractivity contribution in [3.05, 3.63) is 10.6 Å². The maximum Gasteiger partial charge on any atom is 0.185 e. The summed E-state index contributed by atoms with van der Waals surface area (Å²) in [6.45, 7) is 13.1. The number of hydrogen-bond acceptors (Lipinski definition) is 4. The van der Waals surface area contributed by atoms with Crippen LogP contribution in [0.5, 0.6) is 0 Å². The molecule has 0 saturated carbocycles. The molecule has 19 heavy (non-hydrogen) atoms. The molecule has 0 aliphatic heterocycles. The second-order valence-corrected chi connectivity index (χ2v) is 6.40. The third-order valence-electron chi connectivity index (χ3n) is 3.69. The largest absolute Gasteiger partial charge is 0.391 e. The number of rotatable bonds is 8. The van der Waals surface area contributed by atoms with Gasteiger partial charge in [0.2, 0.25) is 0 Å². The summed E-state index contributed by atoms with van der Waals surface area (Å²) in [6.07, 6.45) is 2.42. The van der Waals surface area contributed by atoms with Gasteiger partial charge in [-0.25, -0.2) is 4.98 Å². The predicted molar refractivity (Wildman–Crippen MR) is 84.1 cm³/mol. The van der Waals surface area contributed by atoms with E-state index < -0.39 is 0 Å². The van der Waals surface area contributed by atoms with E-state index in [1.165, 1.54) is 12.8 Å². The van der Waals surface area contributed by atoms with Crippen LogP contribution in [0, 0.1) is 5.92 Å². The van der Waals surface area contributed by atoms with Crippen LogP contribution in [-0.4, -0.2) is 23.2 Å². The van der Waals surface area contributed by atoms with E-state index in [2.05, 4.69) is 39.5 Å². The second-order valence-electron chi connectivity index (χ2n) is 5.34. The van der Waals surface area contributed by atoms with Crippen LogP contribution in [0.15, 0.2) is 0 Å². The molecule has 1 rings (SSSR count). The van der Waals surface area contributed by atoms with Gasteiger partial charge in [0.15, 0.2) is 5.13 Å². The van der Waals surface area contributed by atoms with Gasteiger partial charge in [0.1, 0.15) is 0 Å². The molecule has 0 saturated heterocycles. The zero-order chi connectivity index (χ0) is 14.4. The Morgan fingerprint density at radius 2 is 1.84 bits per heavy atom. The Labute approximate surface area is 121 Å². The Kier molecular flexibility index (Phi) is 6.80. The third-order valence-corrected chi connectivity index (χ3v) is 4.81. The van der Waals surface area contributed by atoms with E-state index in [-0.39, 0.29) is 6.61 Å². The predicted octanol–water partition coefficient (Wildman–Crippen LogP) is 4.02. The van der Waals surface area contributed by atoms with Crippen molar-refractivity contribution in [2.75, 3.05) is 18.0 Å². The number of aliphatic hydroxyl groups excluding tert-OH is 1. The average molecular weight is 284 g/mol. The molecule has 110 valence electrons. The third kappa shape index (κ3) is 4.18. The number of nitrogens with zero attached hydrogens (tertiary/aromatic N) is 2. The summed E-state index contributed by atoms with van der Waals surface area (Å²) in [4.78, 5) is 8.13. The molecule has 0 aromatic carbocycles. The van der Waals surface area contributed by atoms with Crippen LogP contribution in [0.4, 0.5) is 5.13 Å². The van der Waals surface area contributed by atoms with Crippen LogP contribution in [0.25, 0.3) is 0 Å². The first-order valence-corrected chi connectivity index (χ1v) is 8.24. The molecule has 1 aromatic heterocycles. The molecular formula is C15H28N2OS. The maximum absolute atomic E-state index is 9.46. The summed E-state index contributed by atoms with van der Waals surface area (Å²) in [5, 5.41) is 10.5. The van der Waals surface area contributed by atoms with Crippen LogP contribution in [-0.2, 0) is 6.61 Å². The number of aromatic nitrogens is 1. The Bertz CT molecular complexity index is 372. The molecule has 1 aromatic rings. The Hall–Kier alpha value is -0.610. The number of aliphatic hydroxyl groups is 1. The van der Waals surface area contributed by atoms with E-state index in [1.54, 1.807) is 11.3 Å². The highest BCUT2D eigenvalue weighted by Crippen LogP contribution is 2.31. The molecule has 0 aliphatic carbocycles. The molecule has 0 aliphatic rings. The lowest BCUT2D eigenvalue weighted by Gasteiger charge is -2.24. The van der Waals surface area contributed by atoms with Crippen molar-refractivity contribution < 1.29 is 5.11 Å². The molecule has 0 radical (unpaired) electrons. The van der Waals surface area contributed by atoms with Crippen LogP contribution in [0.1, 0.15) is 63.9 Å². The van der Waals surface area contributed by atoms with Gasteiger partial charge < -0.3 is 10.0 Å². The first kappa shape index (κ1) is 16.4. The molecule has 0 bridgehead atoms. The van der Waals surface area contributed by atoms with Gasteiger partial charge in [-0.2, -0.15) is 0 Å². The normalized spacial score (nSPS) is 11.6. The van der Waals surface area contributed by atoms with Crippen molar-refractivity contribution in [1.29, 1.82) is 0 Å². The summed E-state index contributed by atoms with van der Waals surface area (Å²) < 4.78 is 0. The fraction of sp³-hybridized carbons (Fsp3) is 0.800. The van der Waals surface area contributed by atoms with Crippen molar-refractivity contribution in [1.82, 2.24) is 4.98 Å². The molecule has 0 amide bonds. The lowest BCUT2D eigenvalue weighted by Crippen LogP contribution is -2.28. The van der Waals surface area contributed by atoms with E-state index >= 15 is 0 Å². The smallest absolute Gasteiger partial charge is 0.185 e. The van der Waals surface area contributed by atoms with Crippen molar-refractivity contribution in [2.24, 2.45) is 5.92 Å². The Morgan fingerprint density at radius 1 is 1.21 bits per heavy atom. The van der Waals surface area contributed by atoms with Gasteiger partial charge in [-0.3, -0.25) is 0 Å². The monoisotopic (exact) mass is 284 g/mol. The summed E-state index contributed by atoms with van der Waals surface area (Å²) in [6, 6.07) is 0. The van der Waals surface area contributed by atoms with E-state index in [1.807, 2.05) is 0 Å². The minimum atomic E-state index is 0.105. The standard InChI is InChI=1S/C15H28N2OS/c1-6-12(7-2)9-17(8-3)15-16-14(11(4)5)13(10-18)19-15/h11-12,18H,6-10H2,1-5H3. The van der Waals surface area contributed by atoms with Gasteiger partial charge >= 0.3 is 0 Å². The van der Waals surface area contributed by atoms with Gasteiger partial charge in [-0.15, -0.1) is 0 Å². The van der Waals surface area contributed by atoms with Crippen LogP contribution in [0.2, 0.25) is 0 Å². The maximum atomic E-state index is 9.46. The van der Waals surface area contributed by atoms with Crippen LogP contribution < -0.4 is 4.90 Å². The number of anilines is 1. The average Bonchev–Trinajstić information content (AvgIpc) is 2.84. The molecule has 0 fully saturated rings. The number of hydrogen-bond donors (Lipinski definition) is 1. The van der Waals surface area contributed by atoms with Gasteiger partial charge in [0.05, 0.1) is 17.2 Å². The highest BCUT2D eigenvalue weighted by Gasteiger charge is 2.18. The highest BCUT2D eigenvalue weighted by molar-refractivity contribution is 7.15. The molecule has 4 heteroatoms. The quantitative estimate of drug-likeness (QED) is 0.783. The van der Waals surface area contributed by atoms with Gasteiger partial charge in [0.25, 0.3) is 0 Å². The van der Waals surface area contributed by atoms with E-state index in [9.17, 15) is 5.11 Å². The Balaban J connectivity index is 2.92.